The van der Waals surface area contributed by atoms with Crippen LogP contribution in [-0.4, -0.2) is 49.9 Å². The Bertz CT molecular complexity index is 1240. The Hall–Kier alpha value is -3.91. The number of rotatable bonds is 8. The van der Waals surface area contributed by atoms with E-state index in [-0.39, 0.29) is 18.3 Å². The zero-order valence-corrected chi connectivity index (χ0v) is 20.5. The quantitative estimate of drug-likeness (QED) is 0.502. The summed E-state index contributed by atoms with van der Waals surface area (Å²) in [7, 11) is 2.08. The molecule has 4 rings (SSSR count). The Morgan fingerprint density at radius 1 is 1.03 bits per heavy atom. The average molecular weight is 491 g/mol. The molecule has 0 spiro atoms. The number of nitrogens with one attached hydrogen (secondary N) is 1. The monoisotopic (exact) mass is 490 g/mol. The first-order valence-corrected chi connectivity index (χ1v) is 12.0. The van der Waals surface area contributed by atoms with E-state index in [9.17, 15) is 14.0 Å². The number of primary amides is 1. The molecule has 0 aromatic heterocycles. The van der Waals surface area contributed by atoms with Crippen LogP contribution in [0.1, 0.15) is 44.8 Å². The standard InChI is InChI=1S/C28H31FN4O3/c1-19(24-17-22(29)10-11-25(24)33-14-12-32(2)13-15-33)31-28(35)21-7-5-6-20(16-21)18-36-26-9-4-3-8-23(26)27(30)34/h3-11,16-17,19H,12-15,18H2,1-2H3,(H2,30,34)(H,31,35). The van der Waals surface area contributed by atoms with Crippen LogP contribution in [0.25, 0.3) is 0 Å². The molecular weight excluding hydrogens is 459 g/mol. The molecule has 0 aliphatic carbocycles. The van der Waals surface area contributed by atoms with Gasteiger partial charge in [0.2, 0.25) is 0 Å². The Balaban J connectivity index is 1.46. The molecule has 3 N–H and O–H groups in total. The van der Waals surface area contributed by atoms with Crippen LogP contribution in [0.4, 0.5) is 10.1 Å². The summed E-state index contributed by atoms with van der Waals surface area (Å²) >= 11 is 0. The SMILES string of the molecule is CC(NC(=O)c1cccc(COc2ccccc2C(N)=O)c1)c1cc(F)ccc1N1CCN(C)CC1. The number of likely N-dealkylation sites (N-methyl/N-ethyl adjacent to an activating group) is 1. The third-order valence-corrected chi connectivity index (χ3v) is 6.38. The molecular formula is C28H31FN4O3. The molecule has 7 nitrogen and oxygen atoms in total. The van der Waals surface area contributed by atoms with Gasteiger partial charge in [-0.3, -0.25) is 9.59 Å². The first-order chi connectivity index (χ1) is 17.3. The van der Waals surface area contributed by atoms with Crippen molar-refractivity contribution in [1.29, 1.82) is 0 Å². The highest BCUT2D eigenvalue weighted by atomic mass is 19.1. The lowest BCUT2D eigenvalue weighted by Gasteiger charge is -2.36. The number of carbonyl (C=O) groups is 2. The zero-order chi connectivity index (χ0) is 25.7. The minimum Gasteiger partial charge on any atom is -0.488 e. The summed E-state index contributed by atoms with van der Waals surface area (Å²) in [4.78, 5) is 29.2. The van der Waals surface area contributed by atoms with Crippen LogP contribution in [0.3, 0.4) is 0 Å². The van der Waals surface area contributed by atoms with Gasteiger partial charge in [0.25, 0.3) is 11.8 Å². The molecule has 1 saturated heterocycles. The zero-order valence-electron chi connectivity index (χ0n) is 20.5. The first-order valence-electron chi connectivity index (χ1n) is 12.0. The summed E-state index contributed by atoms with van der Waals surface area (Å²) in [5.74, 6) is -0.785. The van der Waals surface area contributed by atoms with Gasteiger partial charge >= 0.3 is 0 Å². The second kappa shape index (κ2) is 11.2. The van der Waals surface area contributed by atoms with Crippen molar-refractivity contribution in [3.8, 4) is 5.75 Å². The van der Waals surface area contributed by atoms with E-state index in [0.717, 1.165) is 43.0 Å². The van der Waals surface area contributed by atoms with Crippen molar-refractivity contribution in [2.24, 2.45) is 5.73 Å². The Morgan fingerprint density at radius 3 is 2.53 bits per heavy atom. The van der Waals surface area contributed by atoms with E-state index in [1.54, 1.807) is 48.5 Å². The second-order valence-electron chi connectivity index (χ2n) is 9.04. The van der Waals surface area contributed by atoms with Crippen molar-refractivity contribution in [1.82, 2.24) is 10.2 Å². The van der Waals surface area contributed by atoms with E-state index in [4.69, 9.17) is 10.5 Å². The molecule has 0 radical (unpaired) electrons. The van der Waals surface area contributed by atoms with Gasteiger partial charge in [0.15, 0.2) is 0 Å². The van der Waals surface area contributed by atoms with Crippen LogP contribution in [0.5, 0.6) is 5.75 Å². The van der Waals surface area contributed by atoms with Gasteiger partial charge in [-0.25, -0.2) is 4.39 Å². The third-order valence-electron chi connectivity index (χ3n) is 6.38. The molecule has 1 atom stereocenters. The molecule has 1 aliphatic heterocycles. The maximum atomic E-state index is 14.2. The fraction of sp³-hybridized carbons (Fsp3) is 0.286. The second-order valence-corrected chi connectivity index (χ2v) is 9.04. The Morgan fingerprint density at radius 2 is 1.78 bits per heavy atom. The molecule has 2 amide bonds. The Kier molecular flexibility index (Phi) is 7.85. The first kappa shape index (κ1) is 25.2. The number of halogens is 1. The van der Waals surface area contributed by atoms with Crippen molar-refractivity contribution in [2.45, 2.75) is 19.6 Å². The van der Waals surface area contributed by atoms with Gasteiger partial charge in [0.1, 0.15) is 18.2 Å². The normalized spacial score (nSPS) is 14.8. The van der Waals surface area contributed by atoms with Crippen LogP contribution in [0.15, 0.2) is 66.7 Å². The molecule has 0 saturated carbocycles. The number of nitrogens with two attached hydrogens (primary N) is 1. The highest BCUT2D eigenvalue weighted by molar-refractivity contribution is 5.95. The number of anilines is 1. The number of amides is 2. The largest absolute Gasteiger partial charge is 0.488 e. The fourth-order valence-corrected chi connectivity index (χ4v) is 4.32. The minimum absolute atomic E-state index is 0.165. The highest BCUT2D eigenvalue weighted by Gasteiger charge is 2.21. The number of carbonyl (C=O) groups excluding carboxylic acids is 2. The fourth-order valence-electron chi connectivity index (χ4n) is 4.32. The van der Waals surface area contributed by atoms with E-state index in [1.165, 1.54) is 12.1 Å². The number of para-hydroxylation sites is 1. The van der Waals surface area contributed by atoms with E-state index in [0.29, 0.717) is 16.9 Å². The van der Waals surface area contributed by atoms with E-state index < -0.39 is 11.9 Å². The lowest BCUT2D eigenvalue weighted by Crippen LogP contribution is -2.45. The molecule has 1 heterocycles. The lowest BCUT2D eigenvalue weighted by atomic mass is 10.0. The third kappa shape index (κ3) is 6.01. The van der Waals surface area contributed by atoms with Crippen molar-refractivity contribution in [2.75, 3.05) is 38.1 Å². The summed E-state index contributed by atoms with van der Waals surface area (Å²) < 4.78 is 20.0. The predicted molar refractivity (Wildman–Crippen MR) is 138 cm³/mol. The van der Waals surface area contributed by atoms with E-state index >= 15 is 0 Å². The summed E-state index contributed by atoms with van der Waals surface area (Å²) in [6.45, 7) is 5.57. The predicted octanol–water partition coefficient (Wildman–Crippen LogP) is 3.75. The topological polar surface area (TPSA) is 87.9 Å². The van der Waals surface area contributed by atoms with Crippen molar-refractivity contribution < 1.29 is 18.7 Å². The number of hydrogen-bond acceptors (Lipinski definition) is 5. The van der Waals surface area contributed by atoms with Gasteiger partial charge in [-0.05, 0) is 62.0 Å². The Labute approximate surface area is 210 Å². The van der Waals surface area contributed by atoms with Gasteiger partial charge in [-0.1, -0.05) is 24.3 Å². The van der Waals surface area contributed by atoms with Crippen LogP contribution < -0.4 is 20.7 Å². The minimum atomic E-state index is -0.569. The molecule has 0 bridgehead atoms. The van der Waals surface area contributed by atoms with Crippen molar-refractivity contribution in [3.63, 3.8) is 0 Å². The number of ether oxygens (including phenoxy) is 1. The number of nitrogens with zero attached hydrogens (tertiary/aromatic N) is 2. The highest BCUT2D eigenvalue weighted by Crippen LogP contribution is 2.28. The van der Waals surface area contributed by atoms with E-state index in [2.05, 4.69) is 22.2 Å². The molecule has 3 aromatic rings. The molecule has 36 heavy (non-hydrogen) atoms. The summed E-state index contributed by atoms with van der Waals surface area (Å²) in [5.41, 5.74) is 8.62. The van der Waals surface area contributed by atoms with Gasteiger partial charge < -0.3 is 25.6 Å². The molecule has 1 unspecified atom stereocenters. The maximum Gasteiger partial charge on any atom is 0.252 e. The van der Waals surface area contributed by atoms with Gasteiger partial charge in [0, 0.05) is 43.0 Å². The van der Waals surface area contributed by atoms with Crippen LogP contribution >= 0.6 is 0 Å². The summed E-state index contributed by atoms with van der Waals surface area (Å²) in [6, 6.07) is 18.2. The van der Waals surface area contributed by atoms with Gasteiger partial charge in [0.05, 0.1) is 11.6 Å². The van der Waals surface area contributed by atoms with Crippen molar-refractivity contribution >= 4 is 17.5 Å². The van der Waals surface area contributed by atoms with Gasteiger partial charge in [-0.15, -0.1) is 0 Å². The number of piperazine rings is 1. The van der Waals surface area contributed by atoms with Crippen molar-refractivity contribution in [3.05, 3.63) is 94.8 Å². The average Bonchev–Trinajstić information content (AvgIpc) is 2.88. The molecule has 3 aromatic carbocycles. The van der Waals surface area contributed by atoms with Crippen LogP contribution in [0.2, 0.25) is 0 Å². The van der Waals surface area contributed by atoms with Crippen LogP contribution in [-0.2, 0) is 6.61 Å². The van der Waals surface area contributed by atoms with Gasteiger partial charge in [-0.2, -0.15) is 0 Å². The summed E-state index contributed by atoms with van der Waals surface area (Å²) in [5, 5.41) is 3.01. The maximum absolute atomic E-state index is 14.2. The van der Waals surface area contributed by atoms with E-state index in [1.807, 2.05) is 13.0 Å². The molecule has 1 aliphatic rings. The summed E-state index contributed by atoms with van der Waals surface area (Å²) in [6.07, 6.45) is 0. The lowest BCUT2D eigenvalue weighted by molar-refractivity contribution is 0.0938. The molecule has 188 valence electrons. The van der Waals surface area contributed by atoms with Crippen LogP contribution in [0, 0.1) is 5.82 Å². The number of hydrogen-bond donors (Lipinski definition) is 2. The number of benzene rings is 3. The molecule has 1 fully saturated rings. The molecule has 8 heteroatoms. The smallest absolute Gasteiger partial charge is 0.252 e.